The molecule has 3 heterocycles. The van der Waals surface area contributed by atoms with Gasteiger partial charge in [0, 0.05) is 50.3 Å². The number of aromatic nitrogens is 3. The number of nitrogens with zero attached hydrogens (tertiary/aromatic N) is 4. The van der Waals surface area contributed by atoms with Crippen LogP contribution in [0.25, 0.3) is 16.9 Å². The van der Waals surface area contributed by atoms with Crippen LogP contribution in [0, 0.1) is 0 Å². The van der Waals surface area contributed by atoms with Crippen molar-refractivity contribution < 1.29 is 9.53 Å². The van der Waals surface area contributed by atoms with Crippen LogP contribution in [-0.2, 0) is 4.74 Å². The summed E-state index contributed by atoms with van der Waals surface area (Å²) in [6.07, 6.45) is 5.21. The third-order valence-corrected chi connectivity index (χ3v) is 4.73. The molecule has 7 heteroatoms. The van der Waals surface area contributed by atoms with E-state index in [1.807, 2.05) is 42.5 Å². The van der Waals surface area contributed by atoms with E-state index in [2.05, 4.69) is 20.3 Å². The van der Waals surface area contributed by atoms with Gasteiger partial charge in [-0.05, 0) is 24.3 Å². The fraction of sp³-hybridized carbons (Fsp3) is 0.286. The highest BCUT2D eigenvalue weighted by molar-refractivity contribution is 5.99. The Morgan fingerprint density at radius 2 is 1.93 bits per heavy atom. The summed E-state index contributed by atoms with van der Waals surface area (Å²) in [7, 11) is 0. The minimum Gasteiger partial charge on any atom is -0.379 e. The fourth-order valence-corrected chi connectivity index (χ4v) is 3.22. The second kappa shape index (κ2) is 8.77. The molecule has 144 valence electrons. The minimum atomic E-state index is -0.130. The summed E-state index contributed by atoms with van der Waals surface area (Å²) in [6, 6.07) is 13.5. The Bertz CT molecular complexity index is 905. The molecule has 0 unspecified atom stereocenters. The Morgan fingerprint density at radius 1 is 1.11 bits per heavy atom. The molecule has 1 saturated heterocycles. The third-order valence-electron chi connectivity index (χ3n) is 4.73. The van der Waals surface area contributed by atoms with Crippen molar-refractivity contribution in [3.8, 4) is 16.9 Å². The Kier molecular flexibility index (Phi) is 5.75. The van der Waals surface area contributed by atoms with E-state index in [1.165, 1.54) is 0 Å². The number of carbonyl (C=O) groups is 1. The lowest BCUT2D eigenvalue weighted by Crippen LogP contribution is -2.41. The lowest BCUT2D eigenvalue weighted by molar-refractivity contribution is 0.0383. The van der Waals surface area contributed by atoms with Crippen LogP contribution in [0.3, 0.4) is 0 Å². The van der Waals surface area contributed by atoms with Crippen LogP contribution in [0.1, 0.15) is 10.4 Å². The molecule has 3 aromatic rings. The van der Waals surface area contributed by atoms with Gasteiger partial charge in [-0.25, -0.2) is 4.68 Å². The first-order valence-corrected chi connectivity index (χ1v) is 9.45. The molecule has 0 bridgehead atoms. The van der Waals surface area contributed by atoms with Gasteiger partial charge in [0.1, 0.15) is 5.69 Å². The van der Waals surface area contributed by atoms with Crippen molar-refractivity contribution in [3.05, 3.63) is 66.6 Å². The van der Waals surface area contributed by atoms with Gasteiger partial charge in [0.25, 0.3) is 5.91 Å². The molecule has 0 aliphatic carbocycles. The maximum Gasteiger partial charge on any atom is 0.255 e. The zero-order chi connectivity index (χ0) is 19.2. The largest absolute Gasteiger partial charge is 0.379 e. The predicted molar refractivity (Wildman–Crippen MR) is 106 cm³/mol. The number of benzene rings is 1. The van der Waals surface area contributed by atoms with Crippen molar-refractivity contribution in [1.82, 2.24) is 25.0 Å². The molecular formula is C21H23N5O2. The molecule has 1 amide bonds. The Labute approximate surface area is 164 Å². The van der Waals surface area contributed by atoms with Crippen molar-refractivity contribution in [1.29, 1.82) is 0 Å². The number of para-hydroxylation sites is 1. The maximum absolute atomic E-state index is 12.9. The Balaban J connectivity index is 1.54. The molecule has 28 heavy (non-hydrogen) atoms. The summed E-state index contributed by atoms with van der Waals surface area (Å²) < 4.78 is 7.10. The van der Waals surface area contributed by atoms with Crippen molar-refractivity contribution >= 4 is 5.91 Å². The molecule has 0 radical (unpaired) electrons. The van der Waals surface area contributed by atoms with E-state index in [1.54, 1.807) is 23.3 Å². The van der Waals surface area contributed by atoms with Crippen LogP contribution >= 0.6 is 0 Å². The monoisotopic (exact) mass is 377 g/mol. The van der Waals surface area contributed by atoms with Crippen molar-refractivity contribution in [3.63, 3.8) is 0 Å². The van der Waals surface area contributed by atoms with Crippen molar-refractivity contribution in [2.24, 2.45) is 0 Å². The van der Waals surface area contributed by atoms with E-state index in [-0.39, 0.29) is 5.91 Å². The van der Waals surface area contributed by atoms with Gasteiger partial charge in [0.15, 0.2) is 0 Å². The average molecular weight is 377 g/mol. The van der Waals surface area contributed by atoms with Gasteiger partial charge in [-0.1, -0.05) is 18.2 Å². The molecular weight excluding hydrogens is 354 g/mol. The average Bonchev–Trinajstić information content (AvgIpc) is 3.21. The quantitative estimate of drug-likeness (QED) is 0.711. The van der Waals surface area contributed by atoms with Gasteiger partial charge in [0.2, 0.25) is 0 Å². The molecule has 7 nitrogen and oxygen atoms in total. The Morgan fingerprint density at radius 3 is 2.68 bits per heavy atom. The molecule has 0 spiro atoms. The number of hydrogen-bond donors (Lipinski definition) is 1. The standard InChI is InChI=1S/C21H23N5O2/c27-21(23-9-10-25-11-13-28-14-12-25)19-16-26(18-6-2-1-3-7-18)24-20(19)17-5-4-8-22-15-17/h1-8,15-16H,9-14H2,(H,23,27). The molecule has 1 N–H and O–H groups in total. The van der Waals surface area contributed by atoms with E-state index >= 15 is 0 Å². The highest BCUT2D eigenvalue weighted by atomic mass is 16.5. The van der Waals surface area contributed by atoms with E-state index < -0.39 is 0 Å². The highest BCUT2D eigenvalue weighted by Gasteiger charge is 2.19. The summed E-state index contributed by atoms with van der Waals surface area (Å²) in [4.78, 5) is 19.4. The number of nitrogens with one attached hydrogen (secondary N) is 1. The molecule has 1 fully saturated rings. The molecule has 0 saturated carbocycles. The summed E-state index contributed by atoms with van der Waals surface area (Å²) in [6.45, 7) is 4.71. The van der Waals surface area contributed by atoms with Crippen LogP contribution in [0.5, 0.6) is 0 Å². The summed E-state index contributed by atoms with van der Waals surface area (Å²) in [5.74, 6) is -0.130. The molecule has 0 atom stereocenters. The zero-order valence-electron chi connectivity index (χ0n) is 15.6. The molecule has 1 aromatic carbocycles. The lowest BCUT2D eigenvalue weighted by atomic mass is 10.1. The normalized spacial score (nSPS) is 14.7. The van der Waals surface area contributed by atoms with E-state index in [9.17, 15) is 4.79 Å². The summed E-state index contributed by atoms with van der Waals surface area (Å²) in [5.41, 5.74) is 2.88. The van der Waals surface area contributed by atoms with E-state index in [0.717, 1.165) is 44.1 Å². The van der Waals surface area contributed by atoms with Gasteiger partial charge >= 0.3 is 0 Å². The molecule has 2 aromatic heterocycles. The van der Waals surface area contributed by atoms with Gasteiger partial charge in [-0.2, -0.15) is 5.10 Å². The SMILES string of the molecule is O=C(NCCN1CCOCC1)c1cn(-c2ccccc2)nc1-c1cccnc1. The van der Waals surface area contributed by atoms with Crippen LogP contribution in [-0.4, -0.2) is 65.0 Å². The maximum atomic E-state index is 12.9. The first-order valence-electron chi connectivity index (χ1n) is 9.45. The van der Waals surface area contributed by atoms with Crippen LogP contribution in [0.4, 0.5) is 0 Å². The van der Waals surface area contributed by atoms with E-state index in [0.29, 0.717) is 17.8 Å². The number of rotatable bonds is 6. The summed E-state index contributed by atoms with van der Waals surface area (Å²) in [5, 5.41) is 7.68. The fourth-order valence-electron chi connectivity index (χ4n) is 3.22. The van der Waals surface area contributed by atoms with Gasteiger partial charge in [0.05, 0.1) is 24.5 Å². The van der Waals surface area contributed by atoms with Crippen molar-refractivity contribution in [2.45, 2.75) is 0 Å². The number of morpholine rings is 1. The van der Waals surface area contributed by atoms with Crippen LogP contribution < -0.4 is 5.32 Å². The topological polar surface area (TPSA) is 72.3 Å². The minimum absolute atomic E-state index is 0.130. The predicted octanol–water partition coefficient (Wildman–Crippen LogP) is 2.00. The third kappa shape index (κ3) is 4.27. The molecule has 1 aliphatic rings. The first-order chi connectivity index (χ1) is 13.8. The van der Waals surface area contributed by atoms with Crippen molar-refractivity contribution in [2.75, 3.05) is 39.4 Å². The second-order valence-electron chi connectivity index (χ2n) is 6.62. The number of hydrogen-bond acceptors (Lipinski definition) is 5. The molecule has 1 aliphatic heterocycles. The van der Waals surface area contributed by atoms with Gasteiger partial charge < -0.3 is 10.1 Å². The molecule has 4 rings (SSSR count). The second-order valence-corrected chi connectivity index (χ2v) is 6.62. The van der Waals surface area contributed by atoms with Gasteiger partial charge in [-0.3, -0.25) is 14.7 Å². The lowest BCUT2D eigenvalue weighted by Gasteiger charge is -2.26. The number of ether oxygens (including phenoxy) is 1. The van der Waals surface area contributed by atoms with Gasteiger partial charge in [-0.15, -0.1) is 0 Å². The number of amides is 1. The smallest absolute Gasteiger partial charge is 0.255 e. The highest BCUT2D eigenvalue weighted by Crippen LogP contribution is 2.23. The summed E-state index contributed by atoms with van der Waals surface area (Å²) >= 11 is 0. The Hall–Kier alpha value is -3.03. The number of pyridine rings is 1. The van der Waals surface area contributed by atoms with Crippen LogP contribution in [0.2, 0.25) is 0 Å². The zero-order valence-corrected chi connectivity index (χ0v) is 15.6. The number of carbonyl (C=O) groups excluding carboxylic acids is 1. The van der Waals surface area contributed by atoms with E-state index in [4.69, 9.17) is 4.74 Å². The van der Waals surface area contributed by atoms with Crippen LogP contribution in [0.15, 0.2) is 61.1 Å². The first kappa shape index (κ1) is 18.3.